The Kier molecular flexibility index (Phi) is 5.77. The van der Waals surface area contributed by atoms with E-state index in [4.69, 9.17) is 14.2 Å². The Morgan fingerprint density at radius 1 is 1.11 bits per heavy atom. The van der Waals surface area contributed by atoms with E-state index in [0.29, 0.717) is 30.8 Å². The molecule has 1 aliphatic heterocycles. The number of esters is 1. The second-order valence-corrected chi connectivity index (χ2v) is 10.0. The summed E-state index contributed by atoms with van der Waals surface area (Å²) < 4.78 is 40.6. The van der Waals surface area contributed by atoms with E-state index in [1.54, 1.807) is 0 Å². The van der Waals surface area contributed by atoms with Gasteiger partial charge in [0.2, 0.25) is 5.91 Å². The largest absolute Gasteiger partial charge is 0.462 e. The molecule has 8 nitrogen and oxygen atoms in total. The molecule has 196 valence electrons. The van der Waals surface area contributed by atoms with Crippen LogP contribution in [0.3, 0.4) is 0 Å². The molecule has 0 spiro atoms. The molecule has 6 rings (SSSR count). The number of carbonyl (C=O) groups is 2. The Morgan fingerprint density at radius 3 is 2.58 bits per heavy atom. The minimum absolute atomic E-state index is 0.00627. The van der Waals surface area contributed by atoms with Crippen LogP contribution >= 0.6 is 0 Å². The second kappa shape index (κ2) is 9.04. The number of fused-ring (bicyclic) bond motifs is 1. The van der Waals surface area contributed by atoms with E-state index in [0.717, 1.165) is 40.0 Å². The molecule has 1 amide bonds. The number of ether oxygens (including phenoxy) is 1. The number of rotatable bonds is 5. The molecular weight excluding hydrogens is 494 g/mol. The summed E-state index contributed by atoms with van der Waals surface area (Å²) in [6.07, 6.45) is 1.80. The summed E-state index contributed by atoms with van der Waals surface area (Å²) in [5.41, 5.74) is 4.50. The monoisotopic (exact) mass is 520 g/mol. The fourth-order valence-corrected chi connectivity index (χ4v) is 5.75. The molecule has 0 N–H and O–H groups in total. The molecule has 2 aromatic carbocycles. The highest BCUT2D eigenvalue weighted by atomic mass is 19.2. The van der Waals surface area contributed by atoms with Crippen molar-refractivity contribution >= 4 is 28.6 Å². The predicted octanol–water partition coefficient (Wildman–Crippen LogP) is 5.72. The summed E-state index contributed by atoms with van der Waals surface area (Å²) in [4.78, 5) is 31.0. The van der Waals surface area contributed by atoms with Crippen molar-refractivity contribution in [3.63, 3.8) is 0 Å². The zero-order valence-corrected chi connectivity index (χ0v) is 21.2. The highest BCUT2D eigenvalue weighted by molar-refractivity contribution is 5.96. The Balaban J connectivity index is 1.46. The van der Waals surface area contributed by atoms with Crippen LogP contribution in [0.15, 0.2) is 40.9 Å². The maximum atomic E-state index is 14.1. The lowest BCUT2D eigenvalue weighted by Gasteiger charge is -2.37. The number of aromatic nitrogens is 3. The third kappa shape index (κ3) is 3.95. The molecule has 0 bridgehead atoms. The number of anilines is 1. The van der Waals surface area contributed by atoms with Crippen molar-refractivity contribution in [2.24, 2.45) is 0 Å². The lowest BCUT2D eigenvalue weighted by molar-refractivity contribution is -0.152. The van der Waals surface area contributed by atoms with Crippen LogP contribution < -0.4 is 4.90 Å². The molecule has 10 heteroatoms. The standard InChI is InChI=1S/C28H26F2N4O4/c1-14-27(15(2)38-32-14)17-4-7-24-23(10-17)31-28(34(24)19-11-20(12-19)37-16(3)35)25-8-9-26(36)33(25)18-5-6-21(29)22(30)13-18/h4-7,10,13,19-20,25H,8-9,11-12H2,1-3H3/t19?,20?,25-/m0/s1. The van der Waals surface area contributed by atoms with Crippen LogP contribution in [0.5, 0.6) is 0 Å². The van der Waals surface area contributed by atoms with Gasteiger partial charge in [0.1, 0.15) is 17.7 Å². The Hall–Kier alpha value is -4.08. The van der Waals surface area contributed by atoms with Gasteiger partial charge in [-0.15, -0.1) is 0 Å². The normalized spacial score (nSPS) is 21.2. The van der Waals surface area contributed by atoms with Gasteiger partial charge < -0.3 is 18.7 Å². The smallest absolute Gasteiger partial charge is 0.302 e. The van der Waals surface area contributed by atoms with Gasteiger partial charge in [0.25, 0.3) is 0 Å². The lowest BCUT2D eigenvalue weighted by Crippen LogP contribution is -2.37. The van der Waals surface area contributed by atoms with Gasteiger partial charge in [0, 0.05) is 49.5 Å². The van der Waals surface area contributed by atoms with Gasteiger partial charge in [-0.1, -0.05) is 11.2 Å². The van der Waals surface area contributed by atoms with E-state index in [1.807, 2.05) is 32.0 Å². The van der Waals surface area contributed by atoms with Gasteiger partial charge >= 0.3 is 5.97 Å². The molecule has 0 radical (unpaired) electrons. The van der Waals surface area contributed by atoms with Crippen molar-refractivity contribution in [2.75, 3.05) is 4.90 Å². The Bertz CT molecular complexity index is 1570. The summed E-state index contributed by atoms with van der Waals surface area (Å²) in [5.74, 6) is -1.11. The summed E-state index contributed by atoms with van der Waals surface area (Å²) >= 11 is 0. The first-order valence-electron chi connectivity index (χ1n) is 12.6. The van der Waals surface area contributed by atoms with Crippen molar-refractivity contribution in [3.8, 4) is 11.1 Å². The van der Waals surface area contributed by atoms with Crippen LogP contribution in [-0.2, 0) is 14.3 Å². The molecule has 2 aliphatic rings. The molecule has 38 heavy (non-hydrogen) atoms. The lowest BCUT2D eigenvalue weighted by atomic mass is 9.88. The van der Waals surface area contributed by atoms with Crippen molar-refractivity contribution < 1.29 is 27.6 Å². The van der Waals surface area contributed by atoms with Crippen LogP contribution in [0.2, 0.25) is 0 Å². The molecule has 3 heterocycles. The van der Waals surface area contributed by atoms with E-state index >= 15 is 0 Å². The Morgan fingerprint density at radius 2 is 1.89 bits per heavy atom. The molecule has 2 fully saturated rings. The van der Waals surface area contributed by atoms with Gasteiger partial charge in [-0.25, -0.2) is 13.8 Å². The fourth-order valence-electron chi connectivity index (χ4n) is 5.75. The third-order valence-electron chi connectivity index (χ3n) is 7.50. The zero-order valence-electron chi connectivity index (χ0n) is 21.2. The van der Waals surface area contributed by atoms with Crippen LogP contribution in [0.25, 0.3) is 22.2 Å². The average Bonchev–Trinajstić information content (AvgIpc) is 3.51. The predicted molar refractivity (Wildman–Crippen MR) is 134 cm³/mol. The molecule has 2 aromatic heterocycles. The number of carbonyl (C=O) groups excluding carboxylic acids is 2. The quantitative estimate of drug-likeness (QED) is 0.313. The van der Waals surface area contributed by atoms with E-state index in [9.17, 15) is 18.4 Å². The molecule has 1 atom stereocenters. The summed E-state index contributed by atoms with van der Waals surface area (Å²) in [5, 5.41) is 4.06. The first-order chi connectivity index (χ1) is 18.2. The van der Waals surface area contributed by atoms with Crippen LogP contribution in [-0.4, -0.2) is 32.7 Å². The number of imidazole rings is 1. The van der Waals surface area contributed by atoms with Gasteiger partial charge in [0.15, 0.2) is 11.6 Å². The minimum Gasteiger partial charge on any atom is -0.462 e. The second-order valence-electron chi connectivity index (χ2n) is 10.0. The maximum absolute atomic E-state index is 14.1. The molecular formula is C28H26F2N4O4. The van der Waals surface area contributed by atoms with Gasteiger partial charge in [0.05, 0.1) is 22.8 Å². The number of hydrogen-bond donors (Lipinski definition) is 0. The molecule has 1 saturated carbocycles. The van der Waals surface area contributed by atoms with E-state index < -0.39 is 17.7 Å². The summed E-state index contributed by atoms with van der Waals surface area (Å²) in [7, 11) is 0. The number of nitrogens with zero attached hydrogens (tertiary/aromatic N) is 4. The average molecular weight is 521 g/mol. The highest BCUT2D eigenvalue weighted by Crippen LogP contribution is 2.44. The van der Waals surface area contributed by atoms with Crippen molar-refractivity contribution in [1.82, 2.24) is 14.7 Å². The third-order valence-corrected chi connectivity index (χ3v) is 7.50. The van der Waals surface area contributed by atoms with E-state index in [-0.39, 0.29) is 36.1 Å². The van der Waals surface area contributed by atoms with E-state index in [1.165, 1.54) is 17.9 Å². The zero-order chi connectivity index (χ0) is 26.7. The van der Waals surface area contributed by atoms with Crippen LogP contribution in [0.4, 0.5) is 14.5 Å². The fraction of sp³-hybridized carbons (Fsp3) is 0.357. The number of amides is 1. The number of hydrogen-bond acceptors (Lipinski definition) is 6. The molecule has 0 unspecified atom stereocenters. The highest BCUT2D eigenvalue weighted by Gasteiger charge is 2.41. The van der Waals surface area contributed by atoms with Gasteiger partial charge in [-0.3, -0.25) is 9.59 Å². The Labute approximate surface area is 217 Å². The van der Waals surface area contributed by atoms with E-state index in [2.05, 4.69) is 9.72 Å². The molecule has 4 aromatic rings. The van der Waals surface area contributed by atoms with Crippen LogP contribution in [0, 0.1) is 25.5 Å². The SMILES string of the molecule is CC(=O)OC1CC(n2c([C@@H]3CCC(=O)N3c3ccc(F)c(F)c3)nc3cc(-c4c(C)noc4C)ccc32)C1. The first kappa shape index (κ1) is 24.3. The minimum atomic E-state index is -1.01. The summed E-state index contributed by atoms with van der Waals surface area (Å²) in [6.45, 7) is 5.13. The molecule has 1 saturated heterocycles. The van der Waals surface area contributed by atoms with Gasteiger partial charge in [-0.2, -0.15) is 0 Å². The van der Waals surface area contributed by atoms with Crippen LogP contribution in [0.1, 0.15) is 62.0 Å². The maximum Gasteiger partial charge on any atom is 0.302 e. The van der Waals surface area contributed by atoms with Gasteiger partial charge in [-0.05, 0) is 50.1 Å². The topological polar surface area (TPSA) is 90.5 Å². The summed E-state index contributed by atoms with van der Waals surface area (Å²) in [6, 6.07) is 8.99. The number of halogens is 2. The number of aryl methyl sites for hydroxylation is 2. The van der Waals surface area contributed by atoms with Crippen molar-refractivity contribution in [3.05, 3.63) is 65.3 Å². The van der Waals surface area contributed by atoms with Crippen molar-refractivity contribution in [2.45, 2.75) is 64.6 Å². The molecule has 1 aliphatic carbocycles. The van der Waals surface area contributed by atoms with Crippen molar-refractivity contribution in [1.29, 1.82) is 0 Å². The number of benzene rings is 2. The first-order valence-corrected chi connectivity index (χ1v) is 12.6.